The molecule has 4 aromatic rings. The van der Waals surface area contributed by atoms with Gasteiger partial charge < -0.3 is 14.5 Å². The van der Waals surface area contributed by atoms with Crippen molar-refractivity contribution in [2.45, 2.75) is 13.3 Å². The van der Waals surface area contributed by atoms with Gasteiger partial charge in [-0.2, -0.15) is 0 Å². The van der Waals surface area contributed by atoms with Crippen LogP contribution in [0.2, 0.25) is 0 Å². The molecule has 4 rings (SSSR count). The van der Waals surface area contributed by atoms with E-state index in [1.807, 2.05) is 36.6 Å². The second-order valence-electron chi connectivity index (χ2n) is 6.05. The van der Waals surface area contributed by atoms with Gasteiger partial charge in [-0.25, -0.2) is 9.78 Å². The van der Waals surface area contributed by atoms with E-state index in [9.17, 15) is 9.59 Å². The summed E-state index contributed by atoms with van der Waals surface area (Å²) < 4.78 is 10.4. The molecule has 0 fully saturated rings. The molecule has 0 unspecified atom stereocenters. The van der Waals surface area contributed by atoms with Crippen molar-refractivity contribution in [1.29, 1.82) is 0 Å². The molecule has 0 spiro atoms. The number of H-pyrrole nitrogens is 1. The van der Waals surface area contributed by atoms with Crippen molar-refractivity contribution in [2.75, 3.05) is 11.9 Å². The van der Waals surface area contributed by atoms with Crippen LogP contribution in [0.5, 0.6) is 5.75 Å². The smallest absolute Gasteiger partial charge is 0.417 e. The zero-order valence-electron chi connectivity index (χ0n) is 15.0. The number of carbonyl (C=O) groups excluding carboxylic acids is 1. The molecular formula is C20H17N3O4S. The summed E-state index contributed by atoms with van der Waals surface area (Å²) in [4.78, 5) is 30.6. The summed E-state index contributed by atoms with van der Waals surface area (Å²) in [7, 11) is 0. The quantitative estimate of drug-likeness (QED) is 0.517. The van der Waals surface area contributed by atoms with Gasteiger partial charge in [-0.15, -0.1) is 11.3 Å². The number of oxazole rings is 1. The first-order valence-corrected chi connectivity index (χ1v) is 9.59. The zero-order valence-corrected chi connectivity index (χ0v) is 15.8. The van der Waals surface area contributed by atoms with Gasteiger partial charge in [0.25, 0.3) is 0 Å². The third kappa shape index (κ3) is 3.96. The third-order valence-corrected chi connectivity index (χ3v) is 4.95. The van der Waals surface area contributed by atoms with E-state index in [1.165, 1.54) is 11.3 Å². The van der Waals surface area contributed by atoms with Crippen molar-refractivity contribution in [3.63, 3.8) is 0 Å². The molecule has 2 N–H and O–H groups in total. The van der Waals surface area contributed by atoms with Crippen LogP contribution in [-0.4, -0.2) is 22.5 Å². The molecule has 0 aliphatic rings. The number of amides is 1. The number of aromatic nitrogens is 2. The normalized spacial score (nSPS) is 10.9. The van der Waals surface area contributed by atoms with Gasteiger partial charge in [0.1, 0.15) is 10.8 Å². The van der Waals surface area contributed by atoms with E-state index in [0.717, 1.165) is 16.3 Å². The Kier molecular flexibility index (Phi) is 4.94. The van der Waals surface area contributed by atoms with E-state index < -0.39 is 5.76 Å². The van der Waals surface area contributed by atoms with Gasteiger partial charge in [0.05, 0.1) is 24.2 Å². The molecule has 0 aliphatic heterocycles. The molecule has 0 bridgehead atoms. The highest BCUT2D eigenvalue weighted by atomic mass is 32.1. The monoisotopic (exact) mass is 395 g/mol. The van der Waals surface area contributed by atoms with Crippen molar-refractivity contribution in [3.8, 4) is 16.3 Å². The molecular weight excluding hydrogens is 378 g/mol. The average Bonchev–Trinajstić information content (AvgIpc) is 3.28. The molecule has 7 nitrogen and oxygen atoms in total. The summed E-state index contributed by atoms with van der Waals surface area (Å²) in [5.41, 5.74) is 3.24. The van der Waals surface area contributed by atoms with Crippen LogP contribution < -0.4 is 15.8 Å². The van der Waals surface area contributed by atoms with Gasteiger partial charge in [0, 0.05) is 16.6 Å². The summed E-state index contributed by atoms with van der Waals surface area (Å²) in [6.45, 7) is 2.57. The fourth-order valence-electron chi connectivity index (χ4n) is 2.78. The molecule has 28 heavy (non-hydrogen) atoms. The largest absolute Gasteiger partial charge is 0.494 e. The molecule has 0 aliphatic carbocycles. The summed E-state index contributed by atoms with van der Waals surface area (Å²) in [6.07, 6.45) is 0.160. The first kappa shape index (κ1) is 18.0. The fourth-order valence-corrected chi connectivity index (χ4v) is 3.61. The summed E-state index contributed by atoms with van der Waals surface area (Å²) in [6, 6.07) is 12.7. The number of hydrogen-bond acceptors (Lipinski definition) is 6. The zero-order chi connectivity index (χ0) is 19.5. The molecule has 0 radical (unpaired) electrons. The van der Waals surface area contributed by atoms with Gasteiger partial charge in [-0.05, 0) is 49.4 Å². The number of fused-ring (bicyclic) bond motifs is 1. The second kappa shape index (κ2) is 7.69. The maximum Gasteiger partial charge on any atom is 0.417 e. The van der Waals surface area contributed by atoms with Crippen LogP contribution in [0.15, 0.2) is 57.1 Å². The number of ether oxygens (including phenoxy) is 1. The van der Waals surface area contributed by atoms with E-state index in [4.69, 9.17) is 9.15 Å². The highest BCUT2D eigenvalue weighted by molar-refractivity contribution is 7.13. The second-order valence-corrected chi connectivity index (χ2v) is 6.91. The fraction of sp³-hybridized carbons (Fsp3) is 0.150. The van der Waals surface area contributed by atoms with Crippen LogP contribution in [0.25, 0.3) is 21.7 Å². The number of hydrogen-bond donors (Lipinski definition) is 2. The standard InChI is InChI=1S/C20H17N3O4S/c1-2-26-15-6-3-12(4-7-15)19-22-14(11-28-19)10-18(24)21-13-5-8-17-16(9-13)23-20(25)27-17/h3-9,11H,2,10H2,1H3,(H,21,24)(H,23,25). The molecule has 2 heterocycles. The maximum absolute atomic E-state index is 12.3. The molecule has 8 heteroatoms. The van der Waals surface area contributed by atoms with Gasteiger partial charge >= 0.3 is 5.76 Å². The molecule has 142 valence electrons. The summed E-state index contributed by atoms with van der Waals surface area (Å²) >= 11 is 1.49. The Balaban J connectivity index is 1.42. The first-order valence-electron chi connectivity index (χ1n) is 8.71. The van der Waals surface area contributed by atoms with E-state index >= 15 is 0 Å². The minimum atomic E-state index is -0.525. The van der Waals surface area contributed by atoms with Crippen molar-refractivity contribution >= 4 is 34.0 Å². The van der Waals surface area contributed by atoms with Crippen molar-refractivity contribution < 1.29 is 13.9 Å². The van der Waals surface area contributed by atoms with Gasteiger partial charge in [0.2, 0.25) is 5.91 Å². The molecule has 1 amide bonds. The van der Waals surface area contributed by atoms with E-state index in [-0.39, 0.29) is 12.3 Å². The summed E-state index contributed by atoms with van der Waals surface area (Å²) in [5, 5.41) is 5.54. The highest BCUT2D eigenvalue weighted by Crippen LogP contribution is 2.26. The number of rotatable bonds is 6. The molecule has 0 saturated carbocycles. The predicted octanol–water partition coefficient (Wildman–Crippen LogP) is 3.82. The lowest BCUT2D eigenvalue weighted by Crippen LogP contribution is -2.14. The van der Waals surface area contributed by atoms with Crippen LogP contribution in [0.3, 0.4) is 0 Å². The van der Waals surface area contributed by atoms with Crippen LogP contribution in [-0.2, 0) is 11.2 Å². The lowest BCUT2D eigenvalue weighted by molar-refractivity contribution is -0.115. The topological polar surface area (TPSA) is 97.2 Å². The Labute approximate surface area is 164 Å². The first-order chi connectivity index (χ1) is 13.6. The molecule has 0 atom stereocenters. The van der Waals surface area contributed by atoms with E-state index in [2.05, 4.69) is 15.3 Å². The van der Waals surface area contributed by atoms with Crippen LogP contribution in [0.1, 0.15) is 12.6 Å². The van der Waals surface area contributed by atoms with Gasteiger partial charge in [-0.3, -0.25) is 9.78 Å². The Bertz CT molecular complexity index is 1170. The number of anilines is 1. The lowest BCUT2D eigenvalue weighted by Gasteiger charge is -2.04. The maximum atomic E-state index is 12.3. The van der Waals surface area contributed by atoms with Crippen molar-refractivity contribution in [1.82, 2.24) is 9.97 Å². The number of nitrogens with one attached hydrogen (secondary N) is 2. The van der Waals surface area contributed by atoms with E-state index in [0.29, 0.717) is 29.1 Å². The van der Waals surface area contributed by atoms with Crippen molar-refractivity contribution in [3.05, 3.63) is 64.1 Å². The Morgan fingerprint density at radius 2 is 2.07 bits per heavy atom. The number of thiazole rings is 1. The number of carbonyl (C=O) groups is 1. The van der Waals surface area contributed by atoms with Crippen LogP contribution in [0, 0.1) is 0 Å². The Hall–Kier alpha value is -3.39. The SMILES string of the molecule is CCOc1ccc(-c2nc(CC(=O)Nc3ccc4oc(=O)[nH]c4c3)cs2)cc1. The predicted molar refractivity (Wildman–Crippen MR) is 108 cm³/mol. The average molecular weight is 395 g/mol. The molecule has 0 saturated heterocycles. The van der Waals surface area contributed by atoms with Crippen LogP contribution >= 0.6 is 11.3 Å². The van der Waals surface area contributed by atoms with Crippen molar-refractivity contribution in [2.24, 2.45) is 0 Å². The van der Waals surface area contributed by atoms with E-state index in [1.54, 1.807) is 18.2 Å². The third-order valence-electron chi connectivity index (χ3n) is 4.01. The number of aromatic amines is 1. The number of nitrogens with zero attached hydrogens (tertiary/aromatic N) is 1. The summed E-state index contributed by atoms with van der Waals surface area (Å²) in [5.74, 6) is 0.106. The minimum Gasteiger partial charge on any atom is -0.494 e. The van der Waals surface area contributed by atoms with Crippen LogP contribution in [0.4, 0.5) is 5.69 Å². The Morgan fingerprint density at radius 1 is 1.25 bits per heavy atom. The lowest BCUT2D eigenvalue weighted by atomic mass is 10.2. The number of benzene rings is 2. The van der Waals surface area contributed by atoms with Gasteiger partial charge in [0.15, 0.2) is 5.58 Å². The highest BCUT2D eigenvalue weighted by Gasteiger charge is 2.11. The minimum absolute atomic E-state index is 0.160. The van der Waals surface area contributed by atoms with Gasteiger partial charge in [-0.1, -0.05) is 0 Å². The molecule has 2 aromatic carbocycles. The molecule has 2 aromatic heterocycles. The Morgan fingerprint density at radius 3 is 2.86 bits per heavy atom.